The summed E-state index contributed by atoms with van der Waals surface area (Å²) in [5, 5.41) is 4.47. The van der Waals surface area contributed by atoms with Crippen LogP contribution >= 0.6 is 15.5 Å². The molecular weight excluding hydrogens is 800 g/mol. The van der Waals surface area contributed by atoms with Crippen LogP contribution in [0.1, 0.15) is 41.5 Å². The number of halogens is 10. The summed E-state index contributed by atoms with van der Waals surface area (Å²) in [7, 11) is -9.39. The molecule has 0 bridgehead atoms. The third-order valence-corrected chi connectivity index (χ3v) is 9.22. The van der Waals surface area contributed by atoms with E-state index in [0.29, 0.717) is 0 Å². The molecule has 0 radical (unpaired) electrons. The van der Waals surface area contributed by atoms with Crippen molar-refractivity contribution in [2.24, 2.45) is 11.8 Å². The average Bonchev–Trinajstić information content (AvgIpc) is 3.09. The molecule has 0 amide bonds. The first-order valence-electron chi connectivity index (χ1n) is 14.5. The average molecular weight is 831 g/mol. The van der Waals surface area contributed by atoms with Crippen LogP contribution in [0.2, 0.25) is 0 Å². The molecule has 3 aromatic carbocycles. The lowest BCUT2D eigenvalue weighted by atomic mass is 10.1. The minimum atomic E-state index is -4.82. The van der Waals surface area contributed by atoms with Crippen molar-refractivity contribution in [3.63, 3.8) is 0 Å². The van der Waals surface area contributed by atoms with E-state index >= 15 is 0 Å². The Balaban J connectivity index is 0.000000928. The highest BCUT2D eigenvalue weighted by Crippen LogP contribution is 2.48. The lowest BCUT2D eigenvalue weighted by Gasteiger charge is -2.25. The van der Waals surface area contributed by atoms with E-state index in [1.54, 1.807) is 40.7 Å². The van der Waals surface area contributed by atoms with Crippen molar-refractivity contribution in [2.75, 3.05) is 0 Å². The molecule has 3 rings (SSSR count). The van der Waals surface area contributed by atoms with Gasteiger partial charge in [0.05, 0.1) is 0 Å². The fraction of sp³-hybridized carbons (Fsp3) is 0.333. The van der Waals surface area contributed by atoms with E-state index in [4.69, 9.17) is 28.2 Å². The summed E-state index contributed by atoms with van der Waals surface area (Å²) in [6, 6.07) is 6.32. The summed E-state index contributed by atoms with van der Waals surface area (Å²) in [5.41, 5.74) is 0. The normalized spacial score (nSPS) is 13.8. The second-order valence-corrected chi connectivity index (χ2v) is 14.0. The second kappa shape index (κ2) is 22.0. The maximum atomic E-state index is 13.9. The van der Waals surface area contributed by atoms with Gasteiger partial charge in [-0.1, -0.05) is 45.9 Å². The van der Waals surface area contributed by atoms with Crippen LogP contribution < -0.4 is 23.7 Å². The Labute approximate surface area is 300 Å². The van der Waals surface area contributed by atoms with E-state index in [9.17, 15) is 57.9 Å². The van der Waals surface area contributed by atoms with Gasteiger partial charge in [-0.25, -0.2) is 40.6 Å². The maximum absolute atomic E-state index is 13.9. The second-order valence-electron chi connectivity index (χ2n) is 10.9. The van der Waals surface area contributed by atoms with Gasteiger partial charge in [0.2, 0.25) is 69.7 Å². The van der Waals surface area contributed by atoms with Crippen molar-refractivity contribution >= 4 is 27.8 Å². The molecule has 0 spiro atoms. The number of nitrogens with one attached hydrogen (secondary N) is 2. The molecule has 12 nitrogen and oxygen atoms in total. The highest BCUT2D eigenvalue weighted by atomic mass is 31.2. The Bertz CT molecular complexity index is 1830. The maximum Gasteiger partial charge on any atom is 0.513 e. The quantitative estimate of drug-likeness (QED) is 0.0698. The number of para-hydroxylation sites is 1. The molecular formula is C30H30F10N2O10P2. The van der Waals surface area contributed by atoms with Gasteiger partial charge in [0.25, 0.3) is 0 Å². The zero-order chi connectivity index (χ0) is 42.3. The van der Waals surface area contributed by atoms with Gasteiger partial charge in [0, 0.05) is 12.1 Å². The molecule has 54 heavy (non-hydrogen) atoms. The molecule has 0 saturated carbocycles. The standard InChI is InChI=1S/C17H17F5NO3P.C11H13F5NO3P.2CO2/c1-9(2)10(3)23-27(24,25-11-7-5-4-6-8-11)26-17-15(21)13(19)12(18)14(20)16(17)22;1-4(2)5(3)17-21(18,19)20-11-9(15)7(13)6(12)8(14)10(11)16;2*2-1-3/h4-10H,1-3H3,(H,23,24);4-5H,1-3H3,(H2,17,18,19);;/t10-,27-;5-;;/m00../s1. The fourth-order valence-corrected chi connectivity index (χ4v) is 6.11. The largest absolute Gasteiger partial charge is 0.513 e. The van der Waals surface area contributed by atoms with Gasteiger partial charge in [-0.05, 0) is 37.8 Å². The van der Waals surface area contributed by atoms with Crippen LogP contribution in [0.25, 0.3) is 0 Å². The molecule has 0 aliphatic heterocycles. The monoisotopic (exact) mass is 830 g/mol. The molecule has 300 valence electrons. The number of hydrogen-bond acceptors (Lipinski definition) is 9. The zero-order valence-corrected chi connectivity index (χ0v) is 30.3. The van der Waals surface area contributed by atoms with Crippen LogP contribution in [-0.2, 0) is 28.3 Å². The first-order valence-corrected chi connectivity index (χ1v) is 17.6. The predicted molar refractivity (Wildman–Crippen MR) is 163 cm³/mol. The lowest BCUT2D eigenvalue weighted by Crippen LogP contribution is -2.32. The van der Waals surface area contributed by atoms with Gasteiger partial charge < -0.3 is 18.5 Å². The Kier molecular flexibility index (Phi) is 20.1. The molecule has 0 fully saturated rings. The minimum absolute atomic E-state index is 0.00756. The van der Waals surface area contributed by atoms with E-state index < -0.39 is 97.2 Å². The molecule has 0 aliphatic carbocycles. The summed E-state index contributed by atoms with van der Waals surface area (Å²) in [5.74, 6) is -26.6. The molecule has 0 aliphatic rings. The summed E-state index contributed by atoms with van der Waals surface area (Å²) in [6.07, 6.45) is 0.500. The van der Waals surface area contributed by atoms with Crippen LogP contribution in [0.5, 0.6) is 17.2 Å². The third-order valence-electron chi connectivity index (χ3n) is 6.46. The molecule has 3 N–H and O–H groups in total. The highest BCUT2D eigenvalue weighted by Gasteiger charge is 2.37. The van der Waals surface area contributed by atoms with Gasteiger partial charge in [-0.3, -0.25) is 0 Å². The smallest absolute Gasteiger partial charge is 0.407 e. The molecule has 1 unspecified atom stereocenters. The lowest BCUT2D eigenvalue weighted by molar-refractivity contribution is -0.193. The Morgan fingerprint density at radius 3 is 1.15 bits per heavy atom. The highest BCUT2D eigenvalue weighted by molar-refractivity contribution is 7.52. The van der Waals surface area contributed by atoms with Crippen LogP contribution in [-0.4, -0.2) is 29.3 Å². The van der Waals surface area contributed by atoms with Crippen molar-refractivity contribution in [2.45, 2.75) is 53.6 Å². The summed E-state index contributed by atoms with van der Waals surface area (Å²) in [4.78, 5) is 41.9. The number of carbonyl (C=O) groups excluding carboxylic acids is 4. The molecule has 0 heterocycles. The van der Waals surface area contributed by atoms with Crippen molar-refractivity contribution in [1.29, 1.82) is 0 Å². The number of hydrogen-bond donors (Lipinski definition) is 3. The van der Waals surface area contributed by atoms with E-state index in [1.807, 2.05) is 5.09 Å². The predicted octanol–water partition coefficient (Wildman–Crippen LogP) is 7.91. The first kappa shape index (κ1) is 49.5. The van der Waals surface area contributed by atoms with Crippen LogP contribution in [0.15, 0.2) is 30.3 Å². The zero-order valence-electron chi connectivity index (χ0n) is 28.5. The molecule has 0 aromatic heterocycles. The van der Waals surface area contributed by atoms with Gasteiger partial charge in [-0.2, -0.15) is 41.8 Å². The Morgan fingerprint density at radius 2 is 0.815 bits per heavy atom. The van der Waals surface area contributed by atoms with Gasteiger partial charge in [0.1, 0.15) is 5.75 Å². The van der Waals surface area contributed by atoms with Gasteiger partial charge >= 0.3 is 27.8 Å². The van der Waals surface area contributed by atoms with E-state index in [0.717, 1.165) is 0 Å². The van der Waals surface area contributed by atoms with Gasteiger partial charge in [0.15, 0.2) is 0 Å². The third kappa shape index (κ3) is 14.4. The summed E-state index contributed by atoms with van der Waals surface area (Å²) < 4.78 is 172. The SMILES string of the molecule is CC(C)[C@H](C)NP(=O)(O)Oc1c(F)c(F)c(F)c(F)c1F.CC(C)[C@H](C)N[P@](=O)(Oc1ccccc1)Oc1c(F)c(F)c(F)c(F)c1F.O=C=O.O=C=O. The Hall–Kier alpha value is -4.54. The molecule has 24 heteroatoms. The molecule has 0 saturated heterocycles. The fourth-order valence-electron chi connectivity index (χ4n) is 3.10. The Morgan fingerprint density at radius 1 is 0.519 bits per heavy atom. The van der Waals surface area contributed by atoms with Gasteiger partial charge in [-0.15, -0.1) is 0 Å². The van der Waals surface area contributed by atoms with E-state index in [-0.39, 0.29) is 29.9 Å². The van der Waals surface area contributed by atoms with Crippen molar-refractivity contribution in [3.05, 3.63) is 88.5 Å². The summed E-state index contributed by atoms with van der Waals surface area (Å²) in [6.45, 7) is 9.93. The first-order chi connectivity index (χ1) is 24.9. The van der Waals surface area contributed by atoms with Crippen LogP contribution in [0, 0.1) is 70.0 Å². The van der Waals surface area contributed by atoms with Crippen molar-refractivity contribution in [3.8, 4) is 17.2 Å². The minimum Gasteiger partial charge on any atom is -0.407 e. The van der Waals surface area contributed by atoms with Crippen molar-refractivity contribution in [1.82, 2.24) is 10.2 Å². The van der Waals surface area contributed by atoms with Crippen LogP contribution in [0.4, 0.5) is 43.9 Å². The topological polar surface area (TPSA) is 174 Å². The number of rotatable bonds is 12. The van der Waals surface area contributed by atoms with Crippen molar-refractivity contribution < 1.29 is 90.7 Å². The molecule has 3 aromatic rings. The summed E-state index contributed by atoms with van der Waals surface area (Å²) >= 11 is 0. The van der Waals surface area contributed by atoms with Crippen LogP contribution in [0.3, 0.4) is 0 Å². The number of benzene rings is 3. The van der Waals surface area contributed by atoms with E-state index in [2.05, 4.69) is 9.61 Å². The molecule has 4 atom stereocenters. The van der Waals surface area contributed by atoms with E-state index in [1.165, 1.54) is 31.2 Å².